The number of amides is 1. The van der Waals surface area contributed by atoms with Gasteiger partial charge in [-0.15, -0.1) is 11.3 Å². The minimum absolute atomic E-state index is 0.160. The number of ether oxygens (including phenoxy) is 3. The number of anilines is 1. The predicted octanol–water partition coefficient (Wildman–Crippen LogP) is 2.95. The van der Waals surface area contributed by atoms with Crippen molar-refractivity contribution in [2.24, 2.45) is 0 Å². The third-order valence-corrected chi connectivity index (χ3v) is 3.67. The van der Waals surface area contributed by atoms with Crippen LogP contribution in [0.25, 0.3) is 0 Å². The van der Waals surface area contributed by atoms with Crippen LogP contribution in [0.15, 0.2) is 35.7 Å². The van der Waals surface area contributed by atoms with Gasteiger partial charge in [0.15, 0.2) is 6.61 Å². The molecule has 1 N–H and O–H groups in total. The number of nitrogens with one attached hydrogen (secondary N) is 1. The molecular weight excluding hydrogens is 318 g/mol. The molecule has 0 unspecified atom stereocenters. The lowest BCUT2D eigenvalue weighted by Gasteiger charge is -2.08. The highest BCUT2D eigenvalue weighted by Crippen LogP contribution is 2.24. The van der Waals surface area contributed by atoms with Gasteiger partial charge in [0.1, 0.15) is 16.5 Å². The molecule has 0 aliphatic carbocycles. The van der Waals surface area contributed by atoms with Gasteiger partial charge in [0, 0.05) is 0 Å². The van der Waals surface area contributed by atoms with Crippen LogP contribution in [0.1, 0.15) is 17.3 Å². The molecule has 1 heterocycles. The van der Waals surface area contributed by atoms with Crippen LogP contribution in [0.4, 0.5) is 5.00 Å². The fourth-order valence-electron chi connectivity index (χ4n) is 1.76. The average molecular weight is 335 g/mol. The van der Waals surface area contributed by atoms with Crippen molar-refractivity contribution in [2.45, 2.75) is 6.92 Å². The molecule has 0 fully saturated rings. The monoisotopic (exact) mass is 335 g/mol. The maximum Gasteiger partial charge on any atom is 0.341 e. The second-order valence-corrected chi connectivity index (χ2v) is 5.31. The maximum absolute atomic E-state index is 11.9. The maximum atomic E-state index is 11.9. The molecule has 122 valence electrons. The molecule has 7 heteroatoms. The molecule has 0 aliphatic heterocycles. The Morgan fingerprint density at radius 3 is 2.48 bits per heavy atom. The summed E-state index contributed by atoms with van der Waals surface area (Å²) in [5.41, 5.74) is 0.342. The Balaban J connectivity index is 1.89. The lowest BCUT2D eigenvalue weighted by Crippen LogP contribution is -2.21. The summed E-state index contributed by atoms with van der Waals surface area (Å²) in [6.07, 6.45) is 0. The van der Waals surface area contributed by atoms with Gasteiger partial charge in [-0.25, -0.2) is 4.79 Å². The molecule has 1 aromatic heterocycles. The van der Waals surface area contributed by atoms with Crippen molar-refractivity contribution in [1.82, 2.24) is 0 Å². The van der Waals surface area contributed by atoms with Gasteiger partial charge in [0.25, 0.3) is 5.91 Å². The van der Waals surface area contributed by atoms with Crippen LogP contribution in [0.2, 0.25) is 0 Å². The number of methoxy groups -OCH3 is 1. The summed E-state index contributed by atoms with van der Waals surface area (Å²) >= 11 is 1.25. The SMILES string of the molecule is CCOC(=O)c1ccsc1NC(=O)COc1ccc(OC)cc1. The third-order valence-electron chi connectivity index (χ3n) is 2.84. The summed E-state index contributed by atoms with van der Waals surface area (Å²) in [6.45, 7) is 1.85. The smallest absolute Gasteiger partial charge is 0.341 e. The van der Waals surface area contributed by atoms with Gasteiger partial charge < -0.3 is 19.5 Å². The summed E-state index contributed by atoms with van der Waals surface area (Å²) in [6, 6.07) is 8.52. The molecule has 0 atom stereocenters. The number of carbonyl (C=O) groups excluding carboxylic acids is 2. The number of carbonyl (C=O) groups is 2. The van der Waals surface area contributed by atoms with E-state index in [1.54, 1.807) is 49.7 Å². The number of hydrogen-bond acceptors (Lipinski definition) is 6. The number of benzene rings is 1. The fourth-order valence-corrected chi connectivity index (χ4v) is 2.55. The molecule has 0 saturated heterocycles. The first-order chi connectivity index (χ1) is 11.1. The van der Waals surface area contributed by atoms with E-state index in [1.165, 1.54) is 11.3 Å². The Hall–Kier alpha value is -2.54. The van der Waals surface area contributed by atoms with Crippen LogP contribution >= 0.6 is 11.3 Å². The lowest BCUT2D eigenvalue weighted by molar-refractivity contribution is -0.118. The first-order valence-electron chi connectivity index (χ1n) is 6.95. The highest BCUT2D eigenvalue weighted by molar-refractivity contribution is 7.14. The van der Waals surface area contributed by atoms with Crippen LogP contribution < -0.4 is 14.8 Å². The zero-order valence-corrected chi connectivity index (χ0v) is 13.6. The molecule has 23 heavy (non-hydrogen) atoms. The first kappa shape index (κ1) is 16.8. The molecule has 1 aromatic carbocycles. The Labute approximate surface area is 138 Å². The van der Waals surface area contributed by atoms with Gasteiger partial charge in [-0.2, -0.15) is 0 Å². The lowest BCUT2D eigenvalue weighted by atomic mass is 10.3. The normalized spacial score (nSPS) is 10.0. The standard InChI is InChI=1S/C16H17NO5S/c1-3-21-16(19)13-8-9-23-15(13)17-14(18)10-22-12-6-4-11(20-2)5-7-12/h4-9H,3,10H2,1-2H3,(H,17,18). The molecule has 0 aliphatic rings. The predicted molar refractivity (Wildman–Crippen MR) is 87.4 cm³/mol. The van der Waals surface area contributed by atoms with E-state index in [0.717, 1.165) is 0 Å². The molecule has 1 amide bonds. The van der Waals surface area contributed by atoms with Crippen molar-refractivity contribution < 1.29 is 23.8 Å². The van der Waals surface area contributed by atoms with Crippen molar-refractivity contribution in [3.8, 4) is 11.5 Å². The van der Waals surface area contributed by atoms with Gasteiger partial charge in [-0.3, -0.25) is 4.79 Å². The Morgan fingerprint density at radius 1 is 1.13 bits per heavy atom. The largest absolute Gasteiger partial charge is 0.497 e. The first-order valence-corrected chi connectivity index (χ1v) is 7.83. The fraction of sp³-hybridized carbons (Fsp3) is 0.250. The van der Waals surface area contributed by atoms with E-state index in [9.17, 15) is 9.59 Å². The molecule has 2 aromatic rings. The van der Waals surface area contributed by atoms with E-state index in [0.29, 0.717) is 22.1 Å². The molecule has 0 spiro atoms. The number of hydrogen-bond donors (Lipinski definition) is 1. The molecule has 0 radical (unpaired) electrons. The van der Waals surface area contributed by atoms with Crippen molar-refractivity contribution in [3.05, 3.63) is 41.3 Å². The molecule has 6 nitrogen and oxygen atoms in total. The minimum atomic E-state index is -0.458. The third kappa shape index (κ3) is 4.72. The van der Waals surface area contributed by atoms with Crippen LogP contribution in [-0.4, -0.2) is 32.2 Å². The summed E-state index contributed by atoms with van der Waals surface area (Å²) < 4.78 is 15.4. The Kier molecular flexibility index (Phi) is 5.99. The Bertz CT molecular complexity index is 665. The van der Waals surface area contributed by atoms with E-state index in [4.69, 9.17) is 14.2 Å². The van der Waals surface area contributed by atoms with Crippen molar-refractivity contribution in [2.75, 3.05) is 25.6 Å². The zero-order valence-electron chi connectivity index (χ0n) is 12.8. The summed E-state index contributed by atoms with van der Waals surface area (Å²) in [4.78, 5) is 23.7. The van der Waals surface area contributed by atoms with E-state index >= 15 is 0 Å². The zero-order chi connectivity index (χ0) is 16.7. The Morgan fingerprint density at radius 2 is 1.83 bits per heavy atom. The molecule has 0 bridgehead atoms. The number of rotatable bonds is 7. The van der Waals surface area contributed by atoms with E-state index in [2.05, 4.69) is 5.32 Å². The summed E-state index contributed by atoms with van der Waals surface area (Å²) in [5.74, 6) is 0.450. The minimum Gasteiger partial charge on any atom is -0.497 e. The molecule has 2 rings (SSSR count). The molecular formula is C16H17NO5S. The molecule has 0 saturated carbocycles. The van der Waals surface area contributed by atoms with E-state index in [1.807, 2.05) is 0 Å². The van der Waals surface area contributed by atoms with E-state index in [-0.39, 0.29) is 19.1 Å². The average Bonchev–Trinajstić information content (AvgIpc) is 3.02. The van der Waals surface area contributed by atoms with Gasteiger partial charge in [0.2, 0.25) is 0 Å². The van der Waals surface area contributed by atoms with Gasteiger partial charge in [-0.1, -0.05) is 0 Å². The van der Waals surface area contributed by atoms with Crippen LogP contribution in [0.5, 0.6) is 11.5 Å². The topological polar surface area (TPSA) is 73.9 Å². The summed E-state index contributed by atoms with van der Waals surface area (Å²) in [5, 5.41) is 4.82. The van der Waals surface area contributed by atoms with Crippen molar-refractivity contribution in [3.63, 3.8) is 0 Å². The number of thiophene rings is 1. The second-order valence-electron chi connectivity index (χ2n) is 4.40. The highest BCUT2D eigenvalue weighted by atomic mass is 32.1. The van der Waals surface area contributed by atoms with Gasteiger partial charge >= 0.3 is 5.97 Å². The van der Waals surface area contributed by atoms with Crippen LogP contribution in [0.3, 0.4) is 0 Å². The number of esters is 1. The second kappa shape index (κ2) is 8.19. The van der Waals surface area contributed by atoms with Gasteiger partial charge in [0.05, 0.1) is 19.3 Å². The van der Waals surface area contributed by atoms with Crippen molar-refractivity contribution in [1.29, 1.82) is 0 Å². The van der Waals surface area contributed by atoms with Gasteiger partial charge in [-0.05, 0) is 42.6 Å². The van der Waals surface area contributed by atoms with Crippen molar-refractivity contribution >= 4 is 28.2 Å². The quantitative estimate of drug-likeness (QED) is 0.788. The summed E-state index contributed by atoms with van der Waals surface area (Å²) in [7, 11) is 1.57. The highest BCUT2D eigenvalue weighted by Gasteiger charge is 2.16. The van der Waals surface area contributed by atoms with Crippen LogP contribution in [-0.2, 0) is 9.53 Å². The van der Waals surface area contributed by atoms with E-state index < -0.39 is 5.97 Å². The van der Waals surface area contributed by atoms with Crippen LogP contribution in [0, 0.1) is 0 Å².